The van der Waals surface area contributed by atoms with Gasteiger partial charge in [-0.3, -0.25) is 0 Å². The highest BCUT2D eigenvalue weighted by atomic mass is 16.5. The maximum atomic E-state index is 5.52. The number of nitrogens with one attached hydrogen (secondary N) is 1. The minimum absolute atomic E-state index is 0.539. The molecule has 1 aliphatic heterocycles. The molecule has 0 aromatic rings. The van der Waals surface area contributed by atoms with Crippen LogP contribution >= 0.6 is 0 Å². The molecule has 3 heteroatoms. The second-order valence-corrected chi connectivity index (χ2v) is 5.75. The summed E-state index contributed by atoms with van der Waals surface area (Å²) in [6, 6.07) is 1.35. The number of morpholine rings is 1. The molecule has 0 amide bonds. The normalized spacial score (nSPS) is 35.1. The van der Waals surface area contributed by atoms with Crippen LogP contribution in [-0.4, -0.2) is 50.3 Å². The van der Waals surface area contributed by atoms with Crippen molar-refractivity contribution in [2.45, 2.75) is 51.1 Å². The van der Waals surface area contributed by atoms with Crippen LogP contribution in [0.15, 0.2) is 0 Å². The van der Waals surface area contributed by atoms with E-state index in [-0.39, 0.29) is 0 Å². The van der Waals surface area contributed by atoms with Crippen LogP contribution in [-0.2, 0) is 4.74 Å². The third-order valence-electron chi connectivity index (χ3n) is 4.52. The molecule has 1 atom stereocenters. The average molecular weight is 240 g/mol. The van der Waals surface area contributed by atoms with Crippen molar-refractivity contribution in [2.75, 3.05) is 33.4 Å². The highest BCUT2D eigenvalue weighted by molar-refractivity contribution is 4.81. The zero-order valence-corrected chi connectivity index (χ0v) is 11.5. The summed E-state index contributed by atoms with van der Waals surface area (Å²) < 4.78 is 5.52. The molecule has 100 valence electrons. The Morgan fingerprint density at radius 1 is 1.24 bits per heavy atom. The van der Waals surface area contributed by atoms with Gasteiger partial charge in [-0.05, 0) is 38.6 Å². The molecule has 0 radical (unpaired) electrons. The van der Waals surface area contributed by atoms with Gasteiger partial charge in [-0.15, -0.1) is 0 Å². The lowest BCUT2D eigenvalue weighted by molar-refractivity contribution is 0.0540. The van der Waals surface area contributed by atoms with E-state index in [0.29, 0.717) is 6.04 Å². The lowest BCUT2D eigenvalue weighted by Crippen LogP contribution is -2.50. The quantitative estimate of drug-likeness (QED) is 0.812. The van der Waals surface area contributed by atoms with E-state index >= 15 is 0 Å². The number of rotatable bonds is 4. The molecule has 17 heavy (non-hydrogen) atoms. The minimum atomic E-state index is 0.539. The van der Waals surface area contributed by atoms with Crippen molar-refractivity contribution in [3.05, 3.63) is 0 Å². The van der Waals surface area contributed by atoms with Crippen LogP contribution in [0, 0.1) is 5.92 Å². The summed E-state index contributed by atoms with van der Waals surface area (Å²) in [4.78, 5) is 2.55. The molecular weight excluding hydrogens is 212 g/mol. The number of ether oxygens (including phenoxy) is 1. The van der Waals surface area contributed by atoms with E-state index in [2.05, 4.69) is 24.2 Å². The maximum absolute atomic E-state index is 5.52. The van der Waals surface area contributed by atoms with Crippen molar-refractivity contribution in [1.82, 2.24) is 10.2 Å². The Morgan fingerprint density at radius 3 is 2.59 bits per heavy atom. The maximum Gasteiger partial charge on any atom is 0.0632 e. The van der Waals surface area contributed by atoms with Gasteiger partial charge in [0.05, 0.1) is 13.2 Å². The number of nitrogens with zero attached hydrogens (tertiary/aromatic N) is 1. The molecule has 1 N–H and O–H groups in total. The van der Waals surface area contributed by atoms with Crippen molar-refractivity contribution in [3.63, 3.8) is 0 Å². The first-order chi connectivity index (χ1) is 8.29. The standard InChI is InChI=1S/C14H28N2O/c1-3-12-4-6-14(7-5-12)16(2)10-13-11-17-9-8-15-13/h12-15H,3-11H2,1-2H3. The fraction of sp³-hybridized carbons (Fsp3) is 1.00. The summed E-state index contributed by atoms with van der Waals surface area (Å²) in [6.07, 6.45) is 7.01. The van der Waals surface area contributed by atoms with E-state index in [1.165, 1.54) is 32.1 Å². The Hall–Kier alpha value is -0.120. The predicted octanol–water partition coefficient (Wildman–Crippen LogP) is 1.88. The van der Waals surface area contributed by atoms with Crippen LogP contribution in [0.2, 0.25) is 0 Å². The van der Waals surface area contributed by atoms with E-state index in [0.717, 1.165) is 38.3 Å². The molecule has 2 fully saturated rings. The molecule has 3 nitrogen and oxygen atoms in total. The van der Waals surface area contributed by atoms with Gasteiger partial charge >= 0.3 is 0 Å². The van der Waals surface area contributed by atoms with Gasteiger partial charge in [0.1, 0.15) is 0 Å². The average Bonchev–Trinajstić information content (AvgIpc) is 2.40. The summed E-state index contributed by atoms with van der Waals surface area (Å²) in [5.74, 6) is 0.996. The van der Waals surface area contributed by atoms with Crippen molar-refractivity contribution >= 4 is 0 Å². The zero-order chi connectivity index (χ0) is 12.1. The Labute approximate surface area is 106 Å². The summed E-state index contributed by atoms with van der Waals surface area (Å²) in [6.45, 7) is 6.25. The molecule has 1 aliphatic carbocycles. The van der Waals surface area contributed by atoms with Gasteiger partial charge in [0, 0.05) is 25.2 Å². The van der Waals surface area contributed by atoms with Gasteiger partial charge in [-0.25, -0.2) is 0 Å². The molecular formula is C14H28N2O. The Kier molecular flexibility index (Phi) is 5.26. The van der Waals surface area contributed by atoms with Gasteiger partial charge in [0.25, 0.3) is 0 Å². The van der Waals surface area contributed by atoms with Crippen molar-refractivity contribution in [2.24, 2.45) is 5.92 Å². The third kappa shape index (κ3) is 3.94. The van der Waals surface area contributed by atoms with Crippen LogP contribution < -0.4 is 5.32 Å². The number of likely N-dealkylation sites (N-methyl/N-ethyl adjacent to an activating group) is 1. The molecule has 1 saturated carbocycles. The van der Waals surface area contributed by atoms with Gasteiger partial charge in [-0.1, -0.05) is 13.3 Å². The SMILES string of the molecule is CCC1CCC(N(C)CC2COCCN2)CC1. The predicted molar refractivity (Wildman–Crippen MR) is 71.3 cm³/mol. The summed E-state index contributed by atoms with van der Waals surface area (Å²) in [5, 5.41) is 3.54. The Morgan fingerprint density at radius 2 is 2.00 bits per heavy atom. The molecule has 0 spiro atoms. The van der Waals surface area contributed by atoms with Gasteiger partial charge in [-0.2, -0.15) is 0 Å². The molecule has 1 saturated heterocycles. The van der Waals surface area contributed by atoms with Crippen molar-refractivity contribution < 1.29 is 4.74 Å². The molecule has 1 unspecified atom stereocenters. The van der Waals surface area contributed by atoms with Crippen LogP contribution in [0.4, 0.5) is 0 Å². The molecule has 1 heterocycles. The van der Waals surface area contributed by atoms with Gasteiger partial charge in [0.2, 0.25) is 0 Å². The highest BCUT2D eigenvalue weighted by Crippen LogP contribution is 2.28. The zero-order valence-electron chi connectivity index (χ0n) is 11.5. The van der Waals surface area contributed by atoms with Crippen molar-refractivity contribution in [1.29, 1.82) is 0 Å². The number of hydrogen-bond donors (Lipinski definition) is 1. The van der Waals surface area contributed by atoms with Crippen LogP contribution in [0.1, 0.15) is 39.0 Å². The largest absolute Gasteiger partial charge is 0.378 e. The molecule has 0 aromatic heterocycles. The van der Waals surface area contributed by atoms with Gasteiger partial charge < -0.3 is 15.0 Å². The monoisotopic (exact) mass is 240 g/mol. The fourth-order valence-electron chi connectivity index (χ4n) is 3.23. The lowest BCUT2D eigenvalue weighted by Gasteiger charge is -2.37. The van der Waals surface area contributed by atoms with E-state index in [9.17, 15) is 0 Å². The molecule has 0 bridgehead atoms. The van der Waals surface area contributed by atoms with Crippen LogP contribution in [0.3, 0.4) is 0 Å². The second-order valence-electron chi connectivity index (χ2n) is 5.75. The van der Waals surface area contributed by atoms with E-state index in [1.54, 1.807) is 0 Å². The lowest BCUT2D eigenvalue weighted by atomic mass is 9.84. The minimum Gasteiger partial charge on any atom is -0.378 e. The van der Waals surface area contributed by atoms with Crippen LogP contribution in [0.5, 0.6) is 0 Å². The first-order valence-electron chi connectivity index (χ1n) is 7.31. The highest BCUT2D eigenvalue weighted by Gasteiger charge is 2.25. The third-order valence-corrected chi connectivity index (χ3v) is 4.52. The molecule has 2 aliphatic rings. The summed E-state index contributed by atoms with van der Waals surface area (Å²) >= 11 is 0. The van der Waals surface area contributed by atoms with Crippen molar-refractivity contribution in [3.8, 4) is 0 Å². The molecule has 0 aromatic carbocycles. The van der Waals surface area contributed by atoms with Crippen LogP contribution in [0.25, 0.3) is 0 Å². The second kappa shape index (κ2) is 6.72. The first-order valence-corrected chi connectivity index (χ1v) is 7.31. The van der Waals surface area contributed by atoms with E-state index in [4.69, 9.17) is 4.74 Å². The topological polar surface area (TPSA) is 24.5 Å². The Balaban J connectivity index is 1.70. The summed E-state index contributed by atoms with van der Waals surface area (Å²) in [5.41, 5.74) is 0. The molecule has 2 rings (SSSR count). The number of hydrogen-bond acceptors (Lipinski definition) is 3. The van der Waals surface area contributed by atoms with Gasteiger partial charge in [0.15, 0.2) is 0 Å². The van der Waals surface area contributed by atoms with E-state index < -0.39 is 0 Å². The van der Waals surface area contributed by atoms with E-state index in [1.807, 2.05) is 0 Å². The fourth-order valence-corrected chi connectivity index (χ4v) is 3.23. The Bertz CT molecular complexity index is 208. The summed E-state index contributed by atoms with van der Waals surface area (Å²) in [7, 11) is 2.28. The first kappa shape index (κ1) is 13.3. The smallest absolute Gasteiger partial charge is 0.0632 e.